The zero-order valence-corrected chi connectivity index (χ0v) is 17.8. The molecular weight excluding hydrogens is 417 g/mol. The predicted molar refractivity (Wildman–Crippen MR) is 120 cm³/mol. The van der Waals surface area contributed by atoms with Crippen LogP contribution in [0.15, 0.2) is 59.6 Å². The molecule has 1 aliphatic heterocycles. The van der Waals surface area contributed by atoms with Crippen LogP contribution in [0.4, 0.5) is 14.9 Å². The van der Waals surface area contributed by atoms with Crippen LogP contribution >= 0.6 is 11.8 Å². The first-order valence-corrected chi connectivity index (χ1v) is 10.6. The van der Waals surface area contributed by atoms with Crippen molar-refractivity contribution in [2.24, 2.45) is 0 Å². The molecule has 3 amide bonds. The van der Waals surface area contributed by atoms with Gasteiger partial charge in [-0.15, -0.1) is 0 Å². The van der Waals surface area contributed by atoms with E-state index >= 15 is 0 Å². The summed E-state index contributed by atoms with van der Waals surface area (Å²) in [5, 5.41) is 3.33. The third kappa shape index (κ3) is 4.25. The van der Waals surface area contributed by atoms with Crippen LogP contribution in [0.3, 0.4) is 0 Å². The maximum absolute atomic E-state index is 13.1. The van der Waals surface area contributed by atoms with E-state index in [0.29, 0.717) is 10.6 Å². The van der Waals surface area contributed by atoms with Gasteiger partial charge in [-0.05, 0) is 62.0 Å². The van der Waals surface area contributed by atoms with Gasteiger partial charge in [0.2, 0.25) is 5.91 Å². The molecule has 2 heterocycles. The van der Waals surface area contributed by atoms with Gasteiger partial charge in [-0.2, -0.15) is 0 Å². The number of anilines is 1. The first kappa shape index (κ1) is 20.9. The SMILES string of the molecule is CC(C)N1C(=O)S/C(=C\c2cn(CC(=O)Nc3ccc(F)cc3)c3ccccc23)C1=O. The Morgan fingerprint density at radius 1 is 1.13 bits per heavy atom. The molecule has 6 nitrogen and oxygen atoms in total. The summed E-state index contributed by atoms with van der Waals surface area (Å²) >= 11 is 0.919. The lowest BCUT2D eigenvalue weighted by Gasteiger charge is -2.16. The molecule has 1 fully saturated rings. The van der Waals surface area contributed by atoms with Crippen LogP contribution in [0, 0.1) is 5.82 Å². The van der Waals surface area contributed by atoms with Crippen molar-refractivity contribution in [1.82, 2.24) is 9.47 Å². The molecule has 0 unspecified atom stereocenters. The van der Waals surface area contributed by atoms with E-state index in [2.05, 4.69) is 5.32 Å². The first-order valence-electron chi connectivity index (χ1n) is 9.74. The van der Waals surface area contributed by atoms with Crippen molar-refractivity contribution >= 4 is 51.5 Å². The number of hydrogen-bond donors (Lipinski definition) is 1. The maximum Gasteiger partial charge on any atom is 0.293 e. The molecule has 2 aromatic carbocycles. The van der Waals surface area contributed by atoms with E-state index in [9.17, 15) is 18.8 Å². The number of rotatable bonds is 5. The Morgan fingerprint density at radius 2 is 1.84 bits per heavy atom. The molecule has 0 saturated carbocycles. The maximum atomic E-state index is 13.1. The van der Waals surface area contributed by atoms with Gasteiger partial charge in [0.05, 0.1) is 4.91 Å². The van der Waals surface area contributed by atoms with Crippen LogP contribution in [0.5, 0.6) is 0 Å². The molecular formula is C23H20FN3O3S. The molecule has 31 heavy (non-hydrogen) atoms. The summed E-state index contributed by atoms with van der Waals surface area (Å²) in [4.78, 5) is 38.9. The monoisotopic (exact) mass is 437 g/mol. The zero-order chi connectivity index (χ0) is 22.1. The molecule has 1 saturated heterocycles. The highest BCUT2D eigenvalue weighted by atomic mass is 32.2. The zero-order valence-electron chi connectivity index (χ0n) is 17.0. The summed E-state index contributed by atoms with van der Waals surface area (Å²) in [6.07, 6.45) is 3.49. The topological polar surface area (TPSA) is 71.4 Å². The van der Waals surface area contributed by atoms with Crippen molar-refractivity contribution in [2.45, 2.75) is 26.4 Å². The fourth-order valence-electron chi connectivity index (χ4n) is 3.48. The average Bonchev–Trinajstić information content (AvgIpc) is 3.20. The lowest BCUT2D eigenvalue weighted by atomic mass is 10.1. The van der Waals surface area contributed by atoms with Gasteiger partial charge in [0.15, 0.2) is 0 Å². The number of benzene rings is 2. The minimum Gasteiger partial charge on any atom is -0.337 e. The second-order valence-electron chi connectivity index (χ2n) is 7.43. The number of halogens is 1. The van der Waals surface area contributed by atoms with Crippen LogP contribution in [0.25, 0.3) is 17.0 Å². The number of carbonyl (C=O) groups excluding carboxylic acids is 3. The number of thioether (sulfide) groups is 1. The number of aromatic nitrogens is 1. The van der Waals surface area contributed by atoms with Gasteiger partial charge >= 0.3 is 0 Å². The Bertz CT molecular complexity index is 1210. The fourth-order valence-corrected chi connectivity index (χ4v) is 4.43. The molecule has 158 valence electrons. The first-order chi connectivity index (χ1) is 14.8. The number of para-hydroxylation sites is 1. The van der Waals surface area contributed by atoms with Crippen molar-refractivity contribution in [3.63, 3.8) is 0 Å². The Morgan fingerprint density at radius 3 is 2.52 bits per heavy atom. The van der Waals surface area contributed by atoms with Gasteiger partial charge in [-0.1, -0.05) is 18.2 Å². The quantitative estimate of drug-likeness (QED) is 0.579. The number of nitrogens with one attached hydrogen (secondary N) is 1. The average molecular weight is 437 g/mol. The van der Waals surface area contributed by atoms with Gasteiger partial charge < -0.3 is 9.88 Å². The Kier molecular flexibility index (Phi) is 5.65. The van der Waals surface area contributed by atoms with E-state index in [1.54, 1.807) is 30.7 Å². The lowest BCUT2D eigenvalue weighted by Crippen LogP contribution is -2.34. The lowest BCUT2D eigenvalue weighted by molar-refractivity contribution is -0.123. The van der Waals surface area contributed by atoms with E-state index in [0.717, 1.165) is 28.2 Å². The molecule has 4 rings (SSSR count). The van der Waals surface area contributed by atoms with Crippen LogP contribution in [0.2, 0.25) is 0 Å². The third-order valence-corrected chi connectivity index (χ3v) is 5.77. The van der Waals surface area contributed by atoms with E-state index < -0.39 is 0 Å². The largest absolute Gasteiger partial charge is 0.337 e. The smallest absolute Gasteiger partial charge is 0.293 e. The minimum atomic E-state index is -0.374. The Balaban J connectivity index is 1.62. The van der Waals surface area contributed by atoms with Crippen molar-refractivity contribution in [3.8, 4) is 0 Å². The molecule has 0 atom stereocenters. The molecule has 1 N–H and O–H groups in total. The molecule has 8 heteroatoms. The van der Waals surface area contributed by atoms with Crippen molar-refractivity contribution < 1.29 is 18.8 Å². The van der Waals surface area contributed by atoms with E-state index in [-0.39, 0.29) is 35.5 Å². The summed E-state index contributed by atoms with van der Waals surface area (Å²) < 4.78 is 14.8. The molecule has 3 aromatic rings. The number of nitrogens with zero attached hydrogens (tertiary/aromatic N) is 2. The number of fused-ring (bicyclic) bond motifs is 1. The number of hydrogen-bond acceptors (Lipinski definition) is 4. The Hall–Kier alpha value is -3.39. The standard InChI is InChI=1S/C23H20FN3O3S/c1-14(2)27-22(29)20(31-23(27)30)11-15-12-26(19-6-4-3-5-18(15)19)13-21(28)25-17-9-7-16(24)8-10-17/h3-12,14H,13H2,1-2H3,(H,25,28)/b20-11-. The van der Waals surface area contributed by atoms with Crippen LogP contribution in [-0.4, -0.2) is 32.6 Å². The number of amides is 3. The molecule has 1 aliphatic rings. The minimum absolute atomic E-state index is 0.0409. The third-order valence-electron chi connectivity index (χ3n) is 4.89. The second kappa shape index (κ2) is 8.39. The molecule has 0 aliphatic carbocycles. The van der Waals surface area contributed by atoms with Crippen molar-refractivity contribution in [2.75, 3.05) is 5.32 Å². The fraction of sp³-hybridized carbons (Fsp3) is 0.174. The van der Waals surface area contributed by atoms with Gasteiger partial charge in [-0.3, -0.25) is 19.3 Å². The summed E-state index contributed by atoms with van der Waals surface area (Å²) in [7, 11) is 0. The van der Waals surface area contributed by atoms with Crippen molar-refractivity contribution in [3.05, 3.63) is 71.0 Å². The van der Waals surface area contributed by atoms with Crippen LogP contribution in [0.1, 0.15) is 19.4 Å². The van der Waals surface area contributed by atoms with Gasteiger partial charge in [0, 0.05) is 34.4 Å². The summed E-state index contributed by atoms with van der Waals surface area (Å²) in [6, 6.07) is 12.9. The molecule has 1 aromatic heterocycles. The number of imide groups is 1. The highest BCUT2D eigenvalue weighted by Crippen LogP contribution is 2.35. The van der Waals surface area contributed by atoms with E-state index in [1.807, 2.05) is 24.3 Å². The molecule has 0 radical (unpaired) electrons. The van der Waals surface area contributed by atoms with Crippen molar-refractivity contribution in [1.29, 1.82) is 0 Å². The molecule has 0 bridgehead atoms. The highest BCUT2D eigenvalue weighted by molar-refractivity contribution is 8.18. The summed E-state index contributed by atoms with van der Waals surface area (Å²) in [5.74, 6) is -0.948. The van der Waals surface area contributed by atoms with E-state index in [1.165, 1.54) is 29.2 Å². The second-order valence-corrected chi connectivity index (χ2v) is 8.42. The van der Waals surface area contributed by atoms with Crippen LogP contribution in [-0.2, 0) is 16.1 Å². The van der Waals surface area contributed by atoms with E-state index in [4.69, 9.17) is 0 Å². The van der Waals surface area contributed by atoms with Gasteiger partial charge in [-0.25, -0.2) is 4.39 Å². The number of carbonyl (C=O) groups is 3. The normalized spacial score (nSPS) is 15.5. The van der Waals surface area contributed by atoms with Gasteiger partial charge in [0.25, 0.3) is 11.1 Å². The van der Waals surface area contributed by atoms with Crippen LogP contribution < -0.4 is 5.32 Å². The highest BCUT2D eigenvalue weighted by Gasteiger charge is 2.36. The Labute approximate surface area is 182 Å². The van der Waals surface area contributed by atoms with Gasteiger partial charge in [0.1, 0.15) is 12.4 Å². The molecule has 0 spiro atoms. The summed E-state index contributed by atoms with van der Waals surface area (Å²) in [6.45, 7) is 3.63. The summed E-state index contributed by atoms with van der Waals surface area (Å²) in [5.41, 5.74) is 2.08. The predicted octanol–water partition coefficient (Wildman–Crippen LogP) is 4.86.